The van der Waals surface area contributed by atoms with Crippen LogP contribution in [-0.4, -0.2) is 17.9 Å². The van der Waals surface area contributed by atoms with Crippen LogP contribution in [0, 0.1) is 17.5 Å². The van der Waals surface area contributed by atoms with Crippen LogP contribution in [0.25, 0.3) is 0 Å². The summed E-state index contributed by atoms with van der Waals surface area (Å²) in [5, 5.41) is 0. The summed E-state index contributed by atoms with van der Waals surface area (Å²) in [7, 11) is 1.63. The van der Waals surface area contributed by atoms with E-state index in [1.165, 1.54) is 23.1 Å². The van der Waals surface area contributed by atoms with Crippen LogP contribution in [0.4, 0.5) is 13.2 Å². The Labute approximate surface area is 139 Å². The highest BCUT2D eigenvalue weighted by Crippen LogP contribution is 2.25. The number of hydrogen-bond acceptors (Lipinski definition) is 1. The van der Waals surface area contributed by atoms with Crippen LogP contribution < -0.4 is 0 Å². The second-order valence-electron chi connectivity index (χ2n) is 6.01. The summed E-state index contributed by atoms with van der Waals surface area (Å²) in [6.07, 6.45) is 0.246. The number of carbonyl (C=O) groups is 1. The minimum Gasteiger partial charge on any atom is -0.339 e. The zero-order valence-electron chi connectivity index (χ0n) is 13.9. The van der Waals surface area contributed by atoms with Crippen LogP contribution in [-0.2, 0) is 4.79 Å². The largest absolute Gasteiger partial charge is 0.339 e. The van der Waals surface area contributed by atoms with Gasteiger partial charge in [-0.2, -0.15) is 0 Å². The molecule has 128 valence electrons. The van der Waals surface area contributed by atoms with Crippen LogP contribution in [0.5, 0.6) is 0 Å². The van der Waals surface area contributed by atoms with E-state index in [1.807, 2.05) is 6.92 Å². The minimum absolute atomic E-state index is 0.0716. The average molecular weight is 335 g/mol. The molecule has 0 bridgehead atoms. The van der Waals surface area contributed by atoms with E-state index in [2.05, 4.69) is 0 Å². The molecule has 2 unspecified atom stereocenters. The molecule has 0 aliphatic rings. The molecule has 0 saturated carbocycles. The second-order valence-corrected chi connectivity index (χ2v) is 6.01. The maximum absolute atomic E-state index is 13.4. The zero-order chi connectivity index (χ0) is 17.9. The predicted octanol–water partition coefficient (Wildman–Crippen LogP) is 4.82. The van der Waals surface area contributed by atoms with Crippen molar-refractivity contribution < 1.29 is 18.0 Å². The van der Waals surface area contributed by atoms with Crippen molar-refractivity contribution >= 4 is 5.91 Å². The van der Waals surface area contributed by atoms with Gasteiger partial charge in [-0.3, -0.25) is 4.79 Å². The molecular formula is C19H20F3NO. The zero-order valence-corrected chi connectivity index (χ0v) is 13.9. The minimum atomic E-state index is -0.931. The number of halogens is 3. The van der Waals surface area contributed by atoms with Crippen LogP contribution in [0.3, 0.4) is 0 Å². The van der Waals surface area contributed by atoms with Crippen molar-refractivity contribution in [3.63, 3.8) is 0 Å². The maximum atomic E-state index is 13.4. The van der Waals surface area contributed by atoms with E-state index >= 15 is 0 Å². The first-order chi connectivity index (χ1) is 11.3. The molecule has 5 heteroatoms. The summed E-state index contributed by atoms with van der Waals surface area (Å²) in [6.45, 7) is 3.65. The number of hydrogen-bond donors (Lipinski definition) is 0. The van der Waals surface area contributed by atoms with Gasteiger partial charge in [0, 0.05) is 13.5 Å². The van der Waals surface area contributed by atoms with Gasteiger partial charge in [0.2, 0.25) is 5.91 Å². The third-order valence-electron chi connectivity index (χ3n) is 4.32. The van der Waals surface area contributed by atoms with E-state index in [4.69, 9.17) is 0 Å². The van der Waals surface area contributed by atoms with Crippen molar-refractivity contribution in [2.24, 2.45) is 0 Å². The highest BCUT2D eigenvalue weighted by Gasteiger charge is 2.21. The van der Waals surface area contributed by atoms with Crippen LogP contribution >= 0.6 is 0 Å². The van der Waals surface area contributed by atoms with Gasteiger partial charge in [0.05, 0.1) is 6.04 Å². The van der Waals surface area contributed by atoms with E-state index in [9.17, 15) is 18.0 Å². The molecule has 0 aliphatic heterocycles. The van der Waals surface area contributed by atoms with Gasteiger partial charge >= 0.3 is 0 Å². The second kappa shape index (κ2) is 7.51. The molecule has 2 atom stereocenters. The van der Waals surface area contributed by atoms with Crippen molar-refractivity contribution in [3.8, 4) is 0 Å². The number of rotatable bonds is 5. The molecule has 0 aromatic heterocycles. The van der Waals surface area contributed by atoms with E-state index in [0.29, 0.717) is 5.56 Å². The van der Waals surface area contributed by atoms with Gasteiger partial charge in [0.15, 0.2) is 11.6 Å². The number of nitrogens with zero attached hydrogens (tertiary/aromatic N) is 1. The fourth-order valence-electron chi connectivity index (χ4n) is 2.53. The Hall–Kier alpha value is -2.30. The monoisotopic (exact) mass is 335 g/mol. The SMILES string of the molecule is CC(CC(=O)N(C)C(C)c1ccc(F)c(F)c1)c1ccc(F)cc1. The van der Waals surface area contributed by atoms with Crippen molar-refractivity contribution in [1.82, 2.24) is 4.90 Å². The normalized spacial score (nSPS) is 13.4. The maximum Gasteiger partial charge on any atom is 0.223 e. The molecule has 0 fully saturated rings. The molecule has 0 saturated heterocycles. The van der Waals surface area contributed by atoms with Crippen LogP contribution in [0.2, 0.25) is 0 Å². The molecule has 0 radical (unpaired) electrons. The third-order valence-corrected chi connectivity index (χ3v) is 4.32. The molecule has 2 rings (SSSR count). The van der Waals surface area contributed by atoms with Gasteiger partial charge in [-0.1, -0.05) is 25.1 Å². The van der Waals surface area contributed by atoms with E-state index in [0.717, 1.165) is 17.7 Å². The van der Waals surface area contributed by atoms with E-state index < -0.39 is 11.6 Å². The third kappa shape index (κ3) is 4.16. The summed E-state index contributed by atoms with van der Waals surface area (Å²) in [6, 6.07) is 9.30. The van der Waals surface area contributed by atoms with Gasteiger partial charge in [-0.15, -0.1) is 0 Å². The summed E-state index contributed by atoms with van der Waals surface area (Å²) in [5.41, 5.74) is 1.40. The lowest BCUT2D eigenvalue weighted by atomic mass is 9.96. The Kier molecular flexibility index (Phi) is 5.65. The molecule has 2 nitrogen and oxygen atoms in total. The van der Waals surface area contributed by atoms with Crippen molar-refractivity contribution in [1.29, 1.82) is 0 Å². The fourth-order valence-corrected chi connectivity index (χ4v) is 2.53. The van der Waals surface area contributed by atoms with E-state index in [-0.39, 0.29) is 30.1 Å². The highest BCUT2D eigenvalue weighted by atomic mass is 19.2. The molecule has 1 amide bonds. The lowest BCUT2D eigenvalue weighted by Gasteiger charge is -2.27. The standard InChI is InChI=1S/C19H20F3NO/c1-12(14-4-7-16(20)8-5-14)10-19(24)23(3)13(2)15-6-9-17(21)18(22)11-15/h4-9,11-13H,10H2,1-3H3. The highest BCUT2D eigenvalue weighted by molar-refractivity contribution is 5.77. The van der Waals surface area contributed by atoms with E-state index in [1.54, 1.807) is 26.1 Å². The molecular weight excluding hydrogens is 315 g/mol. The summed E-state index contributed by atoms with van der Waals surface area (Å²) in [4.78, 5) is 14.0. The molecule has 2 aromatic carbocycles. The van der Waals surface area contributed by atoms with Crippen LogP contribution in [0.1, 0.15) is 43.4 Å². The molecule has 0 spiro atoms. The van der Waals surface area contributed by atoms with Gasteiger partial charge in [0.25, 0.3) is 0 Å². The van der Waals surface area contributed by atoms with Gasteiger partial charge in [-0.05, 0) is 48.2 Å². The van der Waals surface area contributed by atoms with Crippen molar-refractivity contribution in [2.75, 3.05) is 7.05 Å². The molecule has 24 heavy (non-hydrogen) atoms. The Morgan fingerprint density at radius 3 is 2.12 bits per heavy atom. The molecule has 2 aromatic rings. The lowest BCUT2D eigenvalue weighted by molar-refractivity contribution is -0.132. The van der Waals surface area contributed by atoms with Crippen molar-refractivity contribution in [2.45, 2.75) is 32.2 Å². The molecule has 0 N–H and O–H groups in total. The Morgan fingerprint density at radius 1 is 0.958 bits per heavy atom. The summed E-state index contributed by atoms with van der Waals surface area (Å²) in [5.74, 6) is -2.35. The predicted molar refractivity (Wildman–Crippen MR) is 87.0 cm³/mol. The first-order valence-corrected chi connectivity index (χ1v) is 7.75. The smallest absolute Gasteiger partial charge is 0.223 e. The quantitative estimate of drug-likeness (QED) is 0.767. The van der Waals surface area contributed by atoms with Crippen LogP contribution in [0.15, 0.2) is 42.5 Å². The number of carbonyl (C=O) groups excluding carboxylic acids is 1. The summed E-state index contributed by atoms with van der Waals surface area (Å²) < 4.78 is 39.3. The molecule has 0 heterocycles. The van der Waals surface area contributed by atoms with Gasteiger partial charge in [-0.25, -0.2) is 13.2 Å². The lowest BCUT2D eigenvalue weighted by Crippen LogP contribution is -2.30. The Bertz CT molecular complexity index is 715. The first kappa shape index (κ1) is 18.0. The molecule has 0 aliphatic carbocycles. The number of amides is 1. The first-order valence-electron chi connectivity index (χ1n) is 7.75. The summed E-state index contributed by atoms with van der Waals surface area (Å²) >= 11 is 0. The van der Waals surface area contributed by atoms with Gasteiger partial charge < -0.3 is 4.90 Å². The Morgan fingerprint density at radius 2 is 1.54 bits per heavy atom. The van der Waals surface area contributed by atoms with Crippen molar-refractivity contribution in [3.05, 3.63) is 71.0 Å². The average Bonchev–Trinajstić information content (AvgIpc) is 2.56. The Balaban J connectivity index is 2.05. The topological polar surface area (TPSA) is 20.3 Å². The van der Waals surface area contributed by atoms with Gasteiger partial charge in [0.1, 0.15) is 5.82 Å². The number of benzene rings is 2. The fraction of sp³-hybridized carbons (Fsp3) is 0.316.